The topological polar surface area (TPSA) is 78.9 Å². The van der Waals surface area contributed by atoms with Crippen molar-refractivity contribution in [3.63, 3.8) is 0 Å². The van der Waals surface area contributed by atoms with E-state index in [1.807, 2.05) is 18.2 Å². The number of esters is 1. The van der Waals surface area contributed by atoms with Gasteiger partial charge in [0, 0.05) is 51.3 Å². The fourth-order valence-corrected chi connectivity index (χ4v) is 5.98. The summed E-state index contributed by atoms with van der Waals surface area (Å²) in [5.74, 6) is 2.79. The zero-order chi connectivity index (χ0) is 33.0. The largest absolute Gasteiger partial charge is 0.495 e. The SMILES string of the molecule is CCCCCCCCCCCCCC(=O)OC(COc1cc(OC)c(OC)c(OC)c1)CN1CCN(c2ccccc2OC)CC1. The summed E-state index contributed by atoms with van der Waals surface area (Å²) in [6.07, 6.45) is 13.7. The van der Waals surface area contributed by atoms with Crippen molar-refractivity contribution in [3.8, 4) is 28.7 Å². The molecular formula is C37H58N2O7. The quantitative estimate of drug-likeness (QED) is 0.0903. The Morgan fingerprint density at radius 2 is 1.28 bits per heavy atom. The molecule has 0 amide bonds. The van der Waals surface area contributed by atoms with Crippen LogP contribution >= 0.6 is 0 Å². The van der Waals surface area contributed by atoms with Crippen molar-refractivity contribution in [1.82, 2.24) is 4.90 Å². The fraction of sp³-hybridized carbons (Fsp3) is 0.649. The number of anilines is 1. The van der Waals surface area contributed by atoms with E-state index in [-0.39, 0.29) is 12.6 Å². The molecule has 9 nitrogen and oxygen atoms in total. The average molecular weight is 643 g/mol. The predicted molar refractivity (Wildman–Crippen MR) is 184 cm³/mol. The molecule has 0 aromatic heterocycles. The number of hydrogen-bond donors (Lipinski definition) is 0. The molecule has 46 heavy (non-hydrogen) atoms. The molecule has 0 N–H and O–H groups in total. The van der Waals surface area contributed by atoms with Crippen LogP contribution in [0.3, 0.4) is 0 Å². The van der Waals surface area contributed by atoms with Gasteiger partial charge in [-0.2, -0.15) is 0 Å². The van der Waals surface area contributed by atoms with Crippen LogP contribution in [0, 0.1) is 0 Å². The van der Waals surface area contributed by atoms with Gasteiger partial charge in [-0.05, 0) is 18.6 Å². The Hall–Kier alpha value is -3.33. The first-order valence-corrected chi connectivity index (χ1v) is 17.3. The molecule has 258 valence electrons. The average Bonchev–Trinajstić information content (AvgIpc) is 3.09. The van der Waals surface area contributed by atoms with Crippen LogP contribution in [0.2, 0.25) is 0 Å². The van der Waals surface area contributed by atoms with E-state index in [0.29, 0.717) is 36.0 Å². The Morgan fingerprint density at radius 1 is 0.717 bits per heavy atom. The van der Waals surface area contributed by atoms with Crippen molar-refractivity contribution in [2.24, 2.45) is 0 Å². The number of methoxy groups -OCH3 is 4. The van der Waals surface area contributed by atoms with Crippen LogP contribution in [0.1, 0.15) is 84.0 Å². The lowest BCUT2D eigenvalue weighted by Crippen LogP contribution is -2.50. The molecule has 1 fully saturated rings. The smallest absolute Gasteiger partial charge is 0.306 e. The molecule has 0 bridgehead atoms. The van der Waals surface area contributed by atoms with Gasteiger partial charge >= 0.3 is 5.97 Å². The molecule has 9 heteroatoms. The Morgan fingerprint density at radius 3 is 1.85 bits per heavy atom. The Labute approximate surface area is 277 Å². The van der Waals surface area contributed by atoms with Crippen molar-refractivity contribution < 1.29 is 33.2 Å². The minimum Gasteiger partial charge on any atom is -0.495 e. The summed E-state index contributed by atoms with van der Waals surface area (Å²) >= 11 is 0. The van der Waals surface area contributed by atoms with Crippen LogP contribution in [0.5, 0.6) is 28.7 Å². The number of para-hydroxylation sites is 2. The van der Waals surface area contributed by atoms with Gasteiger partial charge in [-0.1, -0.05) is 83.3 Å². The molecular weight excluding hydrogens is 584 g/mol. The maximum atomic E-state index is 13.0. The number of benzene rings is 2. The van der Waals surface area contributed by atoms with E-state index in [1.54, 1.807) is 40.6 Å². The van der Waals surface area contributed by atoms with E-state index in [9.17, 15) is 4.79 Å². The third-order valence-corrected chi connectivity index (χ3v) is 8.62. The normalized spacial score (nSPS) is 14.1. The summed E-state index contributed by atoms with van der Waals surface area (Å²) in [5, 5.41) is 0. The summed E-state index contributed by atoms with van der Waals surface area (Å²) in [6, 6.07) is 11.6. The van der Waals surface area contributed by atoms with Crippen LogP contribution < -0.4 is 28.6 Å². The van der Waals surface area contributed by atoms with Crippen molar-refractivity contribution >= 4 is 11.7 Å². The van der Waals surface area contributed by atoms with Gasteiger partial charge in [-0.15, -0.1) is 0 Å². The van der Waals surface area contributed by atoms with E-state index >= 15 is 0 Å². The van der Waals surface area contributed by atoms with Crippen molar-refractivity contribution in [2.45, 2.75) is 90.1 Å². The number of unbranched alkanes of at least 4 members (excludes halogenated alkanes) is 10. The van der Waals surface area contributed by atoms with Crippen molar-refractivity contribution in [1.29, 1.82) is 0 Å². The lowest BCUT2D eigenvalue weighted by atomic mass is 10.1. The molecule has 2 aromatic rings. The van der Waals surface area contributed by atoms with Gasteiger partial charge in [0.2, 0.25) is 5.75 Å². The van der Waals surface area contributed by atoms with E-state index in [1.165, 1.54) is 57.8 Å². The lowest BCUT2D eigenvalue weighted by molar-refractivity contribution is -0.151. The first-order chi connectivity index (χ1) is 22.5. The second kappa shape index (κ2) is 21.5. The fourth-order valence-electron chi connectivity index (χ4n) is 5.98. The minimum absolute atomic E-state index is 0.165. The number of carbonyl (C=O) groups excluding carboxylic acids is 1. The van der Waals surface area contributed by atoms with Crippen LogP contribution in [0.25, 0.3) is 0 Å². The first kappa shape index (κ1) is 37.1. The Kier molecular flexibility index (Phi) is 17.3. The van der Waals surface area contributed by atoms with E-state index in [0.717, 1.165) is 50.5 Å². The van der Waals surface area contributed by atoms with Gasteiger partial charge in [0.05, 0.1) is 34.1 Å². The standard InChI is InChI=1S/C37H58N2O7/c1-6-7-8-9-10-11-12-13-14-15-16-21-36(40)46-31(29-45-30-26-34(42-3)37(44-5)35(27-30)43-4)28-38-22-24-39(25-23-38)32-19-17-18-20-33(32)41-2/h17-20,26-27,31H,6-16,21-25,28-29H2,1-5H3. The maximum absolute atomic E-state index is 13.0. The lowest BCUT2D eigenvalue weighted by Gasteiger charge is -2.37. The first-order valence-electron chi connectivity index (χ1n) is 17.3. The molecule has 1 atom stereocenters. The van der Waals surface area contributed by atoms with Gasteiger partial charge in [-0.3, -0.25) is 9.69 Å². The molecule has 1 heterocycles. The zero-order valence-electron chi connectivity index (χ0n) is 29.0. The molecule has 0 aliphatic carbocycles. The van der Waals surface area contributed by atoms with Gasteiger partial charge in [0.15, 0.2) is 11.5 Å². The maximum Gasteiger partial charge on any atom is 0.306 e. The van der Waals surface area contributed by atoms with Crippen molar-refractivity contribution in [3.05, 3.63) is 36.4 Å². The summed E-state index contributed by atoms with van der Waals surface area (Å²) < 4.78 is 34.2. The molecule has 0 radical (unpaired) electrons. The van der Waals surface area contributed by atoms with Crippen molar-refractivity contribution in [2.75, 3.05) is 72.7 Å². The molecule has 1 aliphatic rings. The Bertz CT molecular complexity index is 1110. The number of rotatable bonds is 23. The van der Waals surface area contributed by atoms with Gasteiger partial charge in [-0.25, -0.2) is 0 Å². The van der Waals surface area contributed by atoms with Gasteiger partial charge in [0.1, 0.15) is 24.2 Å². The van der Waals surface area contributed by atoms with Crippen LogP contribution in [-0.4, -0.2) is 84.7 Å². The second-order valence-electron chi connectivity index (χ2n) is 12.0. The molecule has 1 unspecified atom stereocenters. The molecule has 3 rings (SSSR count). The molecule has 1 aliphatic heterocycles. The predicted octanol–water partition coefficient (Wildman–Crippen LogP) is 7.53. The summed E-state index contributed by atoms with van der Waals surface area (Å²) in [7, 11) is 6.42. The van der Waals surface area contributed by atoms with Gasteiger partial charge in [0.25, 0.3) is 0 Å². The number of nitrogens with zero attached hydrogens (tertiary/aromatic N) is 2. The van der Waals surface area contributed by atoms with E-state index < -0.39 is 6.10 Å². The number of hydrogen-bond acceptors (Lipinski definition) is 9. The number of carbonyl (C=O) groups is 1. The second-order valence-corrected chi connectivity index (χ2v) is 12.0. The highest BCUT2D eigenvalue weighted by atomic mass is 16.6. The van der Waals surface area contributed by atoms with Crippen LogP contribution in [0.15, 0.2) is 36.4 Å². The van der Waals surface area contributed by atoms with Gasteiger partial charge < -0.3 is 33.3 Å². The number of piperazine rings is 1. The van der Waals surface area contributed by atoms with Crippen LogP contribution in [-0.2, 0) is 9.53 Å². The Balaban J connectivity index is 1.52. The highest BCUT2D eigenvalue weighted by Crippen LogP contribution is 2.41. The highest BCUT2D eigenvalue weighted by Gasteiger charge is 2.25. The summed E-state index contributed by atoms with van der Waals surface area (Å²) in [6.45, 7) is 6.46. The molecule has 0 spiro atoms. The summed E-state index contributed by atoms with van der Waals surface area (Å²) in [4.78, 5) is 17.7. The number of ether oxygens (including phenoxy) is 6. The molecule has 1 saturated heterocycles. The van der Waals surface area contributed by atoms with Crippen LogP contribution in [0.4, 0.5) is 5.69 Å². The third-order valence-electron chi connectivity index (χ3n) is 8.62. The highest BCUT2D eigenvalue weighted by molar-refractivity contribution is 5.69. The zero-order valence-corrected chi connectivity index (χ0v) is 29.0. The molecule has 2 aromatic carbocycles. The minimum atomic E-state index is -0.419. The monoisotopic (exact) mass is 642 g/mol. The summed E-state index contributed by atoms with van der Waals surface area (Å²) in [5.41, 5.74) is 1.10. The third kappa shape index (κ3) is 12.5. The molecule has 0 saturated carbocycles. The van der Waals surface area contributed by atoms with E-state index in [4.69, 9.17) is 28.4 Å². The van der Waals surface area contributed by atoms with E-state index in [2.05, 4.69) is 22.8 Å².